The molecule has 0 radical (unpaired) electrons. The van der Waals surface area contributed by atoms with Gasteiger partial charge in [-0.3, -0.25) is 9.69 Å². The van der Waals surface area contributed by atoms with E-state index in [1.165, 1.54) is 28.6 Å². The highest BCUT2D eigenvalue weighted by Crippen LogP contribution is 2.27. The molecule has 3 rings (SSSR count). The number of hydrogen-bond donors (Lipinski definition) is 1. The smallest absolute Gasteiger partial charge is 0.238 e. The van der Waals surface area contributed by atoms with Gasteiger partial charge in [0.2, 0.25) is 5.91 Å². The zero-order chi connectivity index (χ0) is 19.9. The standard InChI is InChI=1S/C22H26N4OS/c1-17-6-5-8-20(18(17)2)26-13-11-25(12-14-26)16-22(27)24-19-7-3-4-9-21(19)28-15-10-23/h3-9H,11-16H2,1-2H3,(H,24,27). The first-order chi connectivity index (χ1) is 13.6. The molecule has 0 aromatic heterocycles. The second-order valence-electron chi connectivity index (χ2n) is 6.97. The summed E-state index contributed by atoms with van der Waals surface area (Å²) in [6.45, 7) is 8.28. The van der Waals surface area contributed by atoms with Crippen molar-refractivity contribution in [3.05, 3.63) is 53.6 Å². The molecule has 2 aromatic carbocycles. The molecule has 1 fully saturated rings. The molecule has 1 N–H and O–H groups in total. The molecule has 1 aliphatic heterocycles. The fourth-order valence-electron chi connectivity index (χ4n) is 3.42. The molecule has 6 heteroatoms. The van der Waals surface area contributed by atoms with Crippen molar-refractivity contribution in [2.24, 2.45) is 0 Å². The first kappa shape index (κ1) is 20.2. The normalized spacial score (nSPS) is 14.5. The van der Waals surface area contributed by atoms with Crippen LogP contribution in [0.25, 0.3) is 0 Å². The zero-order valence-corrected chi connectivity index (χ0v) is 17.3. The van der Waals surface area contributed by atoms with E-state index in [0.717, 1.165) is 36.8 Å². The molecule has 0 unspecified atom stereocenters. The van der Waals surface area contributed by atoms with Crippen LogP contribution in [-0.4, -0.2) is 49.3 Å². The van der Waals surface area contributed by atoms with E-state index >= 15 is 0 Å². The van der Waals surface area contributed by atoms with Crippen LogP contribution in [0.4, 0.5) is 11.4 Å². The Bertz CT molecular complexity index is 869. The van der Waals surface area contributed by atoms with Crippen LogP contribution in [0.5, 0.6) is 0 Å². The predicted molar refractivity (Wildman–Crippen MR) is 116 cm³/mol. The van der Waals surface area contributed by atoms with Crippen LogP contribution < -0.4 is 10.2 Å². The lowest BCUT2D eigenvalue weighted by molar-refractivity contribution is -0.117. The minimum absolute atomic E-state index is 0.00908. The Labute approximate surface area is 171 Å². The summed E-state index contributed by atoms with van der Waals surface area (Å²) in [5, 5.41) is 11.8. The van der Waals surface area contributed by atoms with Gasteiger partial charge in [-0.25, -0.2) is 0 Å². The van der Waals surface area contributed by atoms with Gasteiger partial charge in [-0.15, -0.1) is 11.8 Å². The average molecular weight is 395 g/mol. The highest BCUT2D eigenvalue weighted by atomic mass is 32.2. The van der Waals surface area contributed by atoms with Crippen molar-refractivity contribution in [3.8, 4) is 6.07 Å². The van der Waals surface area contributed by atoms with Gasteiger partial charge in [0.15, 0.2) is 0 Å². The van der Waals surface area contributed by atoms with Gasteiger partial charge in [-0.2, -0.15) is 5.26 Å². The molecule has 0 bridgehead atoms. The van der Waals surface area contributed by atoms with Gasteiger partial charge in [0.05, 0.1) is 24.1 Å². The van der Waals surface area contributed by atoms with E-state index in [1.807, 2.05) is 24.3 Å². The van der Waals surface area contributed by atoms with Crippen molar-refractivity contribution in [1.29, 1.82) is 5.26 Å². The number of amides is 1. The van der Waals surface area contributed by atoms with Crippen LogP contribution in [0.3, 0.4) is 0 Å². The molecule has 1 aliphatic rings. The zero-order valence-electron chi connectivity index (χ0n) is 16.4. The number of aryl methyl sites for hydroxylation is 1. The van der Waals surface area contributed by atoms with E-state index in [4.69, 9.17) is 5.26 Å². The lowest BCUT2D eigenvalue weighted by Crippen LogP contribution is -2.48. The number of para-hydroxylation sites is 1. The Kier molecular flexibility index (Phi) is 6.96. The molecular weight excluding hydrogens is 368 g/mol. The summed E-state index contributed by atoms with van der Waals surface area (Å²) in [7, 11) is 0. The minimum Gasteiger partial charge on any atom is -0.369 e. The van der Waals surface area contributed by atoms with Crippen LogP contribution >= 0.6 is 11.8 Å². The predicted octanol–water partition coefficient (Wildman–Crippen LogP) is 3.68. The number of hydrogen-bond acceptors (Lipinski definition) is 5. The Morgan fingerprint density at radius 2 is 1.86 bits per heavy atom. The summed E-state index contributed by atoms with van der Waals surface area (Å²) < 4.78 is 0. The van der Waals surface area contributed by atoms with Gasteiger partial charge in [-0.05, 0) is 43.2 Å². The molecule has 1 saturated heterocycles. The van der Waals surface area contributed by atoms with E-state index in [1.54, 1.807) is 0 Å². The van der Waals surface area contributed by atoms with Crippen LogP contribution in [0.1, 0.15) is 11.1 Å². The highest BCUT2D eigenvalue weighted by Gasteiger charge is 2.20. The topological polar surface area (TPSA) is 59.4 Å². The second-order valence-corrected chi connectivity index (χ2v) is 7.99. The van der Waals surface area contributed by atoms with Crippen LogP contribution in [0, 0.1) is 25.2 Å². The average Bonchev–Trinajstić information content (AvgIpc) is 2.70. The second kappa shape index (κ2) is 9.63. The van der Waals surface area contributed by atoms with E-state index in [9.17, 15) is 4.79 Å². The molecule has 0 saturated carbocycles. The maximum atomic E-state index is 12.5. The van der Waals surface area contributed by atoms with Gasteiger partial charge in [0.1, 0.15) is 0 Å². The van der Waals surface area contributed by atoms with Gasteiger partial charge in [-0.1, -0.05) is 24.3 Å². The van der Waals surface area contributed by atoms with E-state index in [0.29, 0.717) is 12.3 Å². The van der Waals surface area contributed by atoms with Crippen LogP contribution in [-0.2, 0) is 4.79 Å². The molecule has 0 spiro atoms. The monoisotopic (exact) mass is 394 g/mol. The summed E-state index contributed by atoms with van der Waals surface area (Å²) in [4.78, 5) is 18.0. The summed E-state index contributed by atoms with van der Waals surface area (Å²) in [6.07, 6.45) is 0. The van der Waals surface area contributed by atoms with Gasteiger partial charge < -0.3 is 10.2 Å². The third-order valence-electron chi connectivity index (χ3n) is 5.11. The molecule has 5 nitrogen and oxygen atoms in total. The molecule has 2 aromatic rings. The van der Waals surface area contributed by atoms with Crippen molar-refractivity contribution in [1.82, 2.24) is 4.90 Å². The number of benzene rings is 2. The van der Waals surface area contributed by atoms with Crippen molar-refractivity contribution in [3.63, 3.8) is 0 Å². The number of piperazine rings is 1. The Morgan fingerprint density at radius 3 is 2.61 bits per heavy atom. The van der Waals surface area contributed by atoms with E-state index in [2.05, 4.69) is 53.2 Å². The Hall–Kier alpha value is -2.49. The maximum Gasteiger partial charge on any atom is 0.238 e. The number of carbonyl (C=O) groups is 1. The lowest BCUT2D eigenvalue weighted by atomic mass is 10.1. The molecule has 0 aliphatic carbocycles. The molecule has 0 atom stereocenters. The molecule has 1 amide bonds. The van der Waals surface area contributed by atoms with Crippen molar-refractivity contribution in [2.75, 3.05) is 48.7 Å². The van der Waals surface area contributed by atoms with Crippen molar-refractivity contribution >= 4 is 29.0 Å². The first-order valence-corrected chi connectivity index (χ1v) is 10.5. The number of nitriles is 1. The third-order valence-corrected chi connectivity index (χ3v) is 6.05. The third kappa shape index (κ3) is 5.06. The maximum absolute atomic E-state index is 12.5. The van der Waals surface area contributed by atoms with Crippen molar-refractivity contribution < 1.29 is 4.79 Å². The number of anilines is 2. The fourth-order valence-corrected chi connectivity index (χ4v) is 4.09. The summed E-state index contributed by atoms with van der Waals surface area (Å²) >= 11 is 1.44. The first-order valence-electron chi connectivity index (χ1n) is 9.50. The Morgan fingerprint density at radius 1 is 1.11 bits per heavy atom. The minimum atomic E-state index is -0.00908. The molecule has 1 heterocycles. The van der Waals surface area contributed by atoms with Crippen LogP contribution in [0.2, 0.25) is 0 Å². The summed E-state index contributed by atoms with van der Waals surface area (Å²) in [5.74, 6) is 0.359. The number of carbonyl (C=O) groups excluding carboxylic acids is 1. The van der Waals surface area contributed by atoms with Crippen LogP contribution in [0.15, 0.2) is 47.4 Å². The van der Waals surface area contributed by atoms with E-state index < -0.39 is 0 Å². The lowest BCUT2D eigenvalue weighted by Gasteiger charge is -2.36. The summed E-state index contributed by atoms with van der Waals surface area (Å²) in [6, 6.07) is 16.2. The summed E-state index contributed by atoms with van der Waals surface area (Å²) in [5.41, 5.74) is 4.72. The largest absolute Gasteiger partial charge is 0.369 e. The van der Waals surface area contributed by atoms with Crippen molar-refractivity contribution in [2.45, 2.75) is 18.7 Å². The quantitative estimate of drug-likeness (QED) is 0.758. The molecule has 28 heavy (non-hydrogen) atoms. The SMILES string of the molecule is Cc1cccc(N2CCN(CC(=O)Nc3ccccc3SCC#N)CC2)c1C. The molecular formula is C22H26N4OS. The number of nitrogens with zero attached hydrogens (tertiary/aromatic N) is 3. The van der Waals surface area contributed by atoms with Gasteiger partial charge in [0.25, 0.3) is 0 Å². The number of nitrogens with one attached hydrogen (secondary N) is 1. The van der Waals surface area contributed by atoms with E-state index in [-0.39, 0.29) is 5.91 Å². The molecule has 146 valence electrons. The highest BCUT2D eigenvalue weighted by molar-refractivity contribution is 7.99. The van der Waals surface area contributed by atoms with Gasteiger partial charge in [0, 0.05) is 36.8 Å². The van der Waals surface area contributed by atoms with Gasteiger partial charge >= 0.3 is 0 Å². The Balaban J connectivity index is 1.53. The number of thioether (sulfide) groups is 1. The number of rotatable bonds is 6. The fraction of sp³-hybridized carbons (Fsp3) is 0.364.